The van der Waals surface area contributed by atoms with Crippen LogP contribution in [0.25, 0.3) is 0 Å². The van der Waals surface area contributed by atoms with Crippen LogP contribution >= 0.6 is 0 Å². The zero-order valence-electron chi connectivity index (χ0n) is 16.4. The topological polar surface area (TPSA) is 115 Å². The lowest BCUT2D eigenvalue weighted by Crippen LogP contribution is -2.38. The van der Waals surface area contributed by atoms with Gasteiger partial charge in [0.2, 0.25) is 0 Å². The molecule has 0 aliphatic rings. The van der Waals surface area contributed by atoms with Gasteiger partial charge in [0.1, 0.15) is 0 Å². The van der Waals surface area contributed by atoms with Crippen LogP contribution in [0.3, 0.4) is 0 Å². The second kappa shape index (κ2) is 14.1. The summed E-state index contributed by atoms with van der Waals surface area (Å²) in [5.74, 6) is -2.16. The Morgan fingerprint density at radius 3 is 1.08 bits per heavy atom. The molecular formula is C19H38O6. The number of hydrogen-bond acceptors (Lipinski definition) is 4. The van der Waals surface area contributed by atoms with Gasteiger partial charge in [-0.3, -0.25) is 0 Å². The van der Waals surface area contributed by atoms with Crippen LogP contribution in [0, 0.1) is 0 Å². The first-order valence-electron chi connectivity index (χ1n) is 9.55. The van der Waals surface area contributed by atoms with Gasteiger partial charge in [-0.15, -0.1) is 0 Å². The molecule has 0 fully saturated rings. The lowest BCUT2D eigenvalue weighted by molar-refractivity contribution is -0.160. The Bertz CT molecular complexity index is 361. The smallest absolute Gasteiger partial charge is 0.335 e. The zero-order valence-corrected chi connectivity index (χ0v) is 16.4. The minimum atomic E-state index is -1.48. The Kier molecular flexibility index (Phi) is 14.7. The second-order valence-corrected chi connectivity index (χ2v) is 6.73. The van der Waals surface area contributed by atoms with Crippen molar-refractivity contribution in [1.29, 1.82) is 0 Å². The summed E-state index contributed by atoms with van der Waals surface area (Å²) < 4.78 is 0. The number of carboxylic acid groups (broad SMARTS) is 2. The molecule has 0 heterocycles. The van der Waals surface area contributed by atoms with Crippen molar-refractivity contribution < 1.29 is 30.0 Å². The Labute approximate surface area is 152 Å². The van der Waals surface area contributed by atoms with E-state index in [2.05, 4.69) is 0 Å². The largest absolute Gasteiger partial charge is 0.479 e. The number of carboxylic acids is 2. The molecule has 6 nitrogen and oxygen atoms in total. The molecular weight excluding hydrogens is 324 g/mol. The summed E-state index contributed by atoms with van der Waals surface area (Å²) in [4.78, 5) is 21.5. The predicted octanol–water partition coefficient (Wildman–Crippen LogP) is 3.97. The molecule has 0 amide bonds. The van der Waals surface area contributed by atoms with Gasteiger partial charge in [-0.05, 0) is 25.7 Å². The molecule has 4 N–H and O–H groups in total. The van der Waals surface area contributed by atoms with E-state index in [1.165, 1.54) is 0 Å². The molecule has 0 aromatic rings. The summed E-state index contributed by atoms with van der Waals surface area (Å²) >= 11 is 0. The predicted molar refractivity (Wildman–Crippen MR) is 98.7 cm³/mol. The van der Waals surface area contributed by atoms with Crippen molar-refractivity contribution >= 4 is 11.9 Å². The SMILES string of the molecule is CCCCC(O)(CCC)C(=O)O.CCCCC(O)(CCCC)C(=O)O. The molecule has 0 aromatic carbocycles. The highest BCUT2D eigenvalue weighted by Crippen LogP contribution is 2.22. The average molecular weight is 363 g/mol. The first-order chi connectivity index (χ1) is 11.6. The Morgan fingerprint density at radius 2 is 0.880 bits per heavy atom. The molecule has 0 saturated heterocycles. The summed E-state index contributed by atoms with van der Waals surface area (Å²) in [6.07, 6.45) is 7.23. The molecule has 1 atom stereocenters. The lowest BCUT2D eigenvalue weighted by atomic mass is 9.91. The molecule has 6 heteroatoms. The highest BCUT2D eigenvalue weighted by Gasteiger charge is 2.34. The fraction of sp³-hybridized carbons (Fsp3) is 0.895. The molecule has 0 aliphatic carbocycles. The monoisotopic (exact) mass is 362 g/mol. The normalized spacial score (nSPS) is 13.5. The van der Waals surface area contributed by atoms with Crippen LogP contribution in [-0.4, -0.2) is 43.6 Å². The van der Waals surface area contributed by atoms with Gasteiger partial charge in [0.05, 0.1) is 0 Å². The van der Waals surface area contributed by atoms with Crippen molar-refractivity contribution in [1.82, 2.24) is 0 Å². The third-order valence-corrected chi connectivity index (χ3v) is 4.29. The van der Waals surface area contributed by atoms with E-state index in [1.54, 1.807) is 0 Å². The average Bonchev–Trinajstić information content (AvgIpc) is 2.56. The number of aliphatic carboxylic acids is 2. The van der Waals surface area contributed by atoms with Crippen molar-refractivity contribution in [3.05, 3.63) is 0 Å². The van der Waals surface area contributed by atoms with Gasteiger partial charge in [0, 0.05) is 0 Å². The van der Waals surface area contributed by atoms with E-state index in [-0.39, 0.29) is 0 Å². The van der Waals surface area contributed by atoms with Crippen LogP contribution < -0.4 is 0 Å². The molecule has 0 aromatic heterocycles. The van der Waals surface area contributed by atoms with Crippen LogP contribution in [-0.2, 0) is 9.59 Å². The summed E-state index contributed by atoms with van der Waals surface area (Å²) in [5, 5.41) is 36.9. The van der Waals surface area contributed by atoms with Crippen molar-refractivity contribution in [3.8, 4) is 0 Å². The van der Waals surface area contributed by atoms with Crippen LogP contribution in [0.1, 0.15) is 98.3 Å². The number of aliphatic hydroxyl groups is 2. The molecule has 1 unspecified atom stereocenters. The third-order valence-electron chi connectivity index (χ3n) is 4.29. The van der Waals surface area contributed by atoms with E-state index in [1.807, 2.05) is 27.7 Å². The van der Waals surface area contributed by atoms with Gasteiger partial charge >= 0.3 is 11.9 Å². The fourth-order valence-corrected chi connectivity index (χ4v) is 2.50. The second-order valence-electron chi connectivity index (χ2n) is 6.73. The molecule has 0 spiro atoms. The van der Waals surface area contributed by atoms with Gasteiger partial charge < -0.3 is 20.4 Å². The molecule has 0 bridgehead atoms. The first kappa shape index (κ1) is 26.1. The van der Waals surface area contributed by atoms with E-state index in [4.69, 9.17) is 10.2 Å². The highest BCUT2D eigenvalue weighted by molar-refractivity contribution is 5.77. The van der Waals surface area contributed by atoms with Gasteiger partial charge in [-0.2, -0.15) is 0 Å². The van der Waals surface area contributed by atoms with Crippen LogP contribution in [0.5, 0.6) is 0 Å². The fourth-order valence-electron chi connectivity index (χ4n) is 2.50. The maximum absolute atomic E-state index is 10.8. The molecule has 25 heavy (non-hydrogen) atoms. The van der Waals surface area contributed by atoms with Gasteiger partial charge in [0.15, 0.2) is 11.2 Å². The third kappa shape index (κ3) is 11.2. The maximum Gasteiger partial charge on any atom is 0.335 e. The van der Waals surface area contributed by atoms with E-state index in [0.717, 1.165) is 38.5 Å². The molecule has 150 valence electrons. The Balaban J connectivity index is 0. The quantitative estimate of drug-likeness (QED) is 0.394. The van der Waals surface area contributed by atoms with E-state index in [9.17, 15) is 19.8 Å². The Hall–Kier alpha value is -1.14. The van der Waals surface area contributed by atoms with Crippen molar-refractivity contribution in [3.63, 3.8) is 0 Å². The minimum Gasteiger partial charge on any atom is -0.479 e. The van der Waals surface area contributed by atoms with Gasteiger partial charge in [0.25, 0.3) is 0 Å². The van der Waals surface area contributed by atoms with Gasteiger partial charge in [-0.1, -0.05) is 72.6 Å². The number of hydrogen-bond donors (Lipinski definition) is 4. The maximum atomic E-state index is 10.8. The lowest BCUT2D eigenvalue weighted by Gasteiger charge is -2.22. The summed E-state index contributed by atoms with van der Waals surface area (Å²) in [5.41, 5.74) is -2.96. The van der Waals surface area contributed by atoms with Crippen molar-refractivity contribution in [2.24, 2.45) is 0 Å². The molecule has 0 aliphatic heterocycles. The molecule has 0 saturated carbocycles. The highest BCUT2D eigenvalue weighted by atomic mass is 16.4. The number of carbonyl (C=O) groups is 2. The molecule has 0 rings (SSSR count). The van der Waals surface area contributed by atoms with Crippen molar-refractivity contribution in [2.45, 2.75) is 110 Å². The summed E-state index contributed by atoms with van der Waals surface area (Å²) in [6.45, 7) is 7.83. The minimum absolute atomic E-state index is 0.350. The van der Waals surface area contributed by atoms with E-state index >= 15 is 0 Å². The van der Waals surface area contributed by atoms with E-state index < -0.39 is 23.1 Å². The standard InChI is InChI=1S/C10H20O3.C9H18O3/c1-3-5-7-10(13,9(11)12)8-6-4-2;1-3-5-7-9(12,6-4-2)8(10)11/h13H,3-8H2,1-2H3,(H,11,12);12H,3-7H2,1-2H3,(H,10,11). The van der Waals surface area contributed by atoms with Crippen LogP contribution in [0.2, 0.25) is 0 Å². The number of unbranched alkanes of at least 4 members (excludes halogenated alkanes) is 3. The summed E-state index contributed by atoms with van der Waals surface area (Å²) in [6, 6.07) is 0. The first-order valence-corrected chi connectivity index (χ1v) is 9.55. The van der Waals surface area contributed by atoms with E-state index in [0.29, 0.717) is 32.1 Å². The Morgan fingerprint density at radius 1 is 0.600 bits per heavy atom. The van der Waals surface area contributed by atoms with Gasteiger partial charge in [-0.25, -0.2) is 9.59 Å². The van der Waals surface area contributed by atoms with Crippen LogP contribution in [0.15, 0.2) is 0 Å². The van der Waals surface area contributed by atoms with Crippen molar-refractivity contribution in [2.75, 3.05) is 0 Å². The summed E-state index contributed by atoms with van der Waals surface area (Å²) in [7, 11) is 0. The molecule has 0 radical (unpaired) electrons. The number of rotatable bonds is 13. The zero-order chi connectivity index (χ0) is 19.9. The van der Waals surface area contributed by atoms with Crippen LogP contribution in [0.4, 0.5) is 0 Å².